The van der Waals surface area contributed by atoms with Crippen molar-refractivity contribution in [2.75, 3.05) is 43.4 Å². The number of piperazine rings is 1. The molecule has 1 aliphatic rings. The summed E-state index contributed by atoms with van der Waals surface area (Å²) >= 11 is 11.8. The van der Waals surface area contributed by atoms with E-state index in [4.69, 9.17) is 33.7 Å². The molecule has 0 aromatic heterocycles. The molecule has 8 heteroatoms. The number of para-hydroxylation sites is 1. The Morgan fingerprint density at radius 3 is 2.37 bits per heavy atom. The number of carbonyl (C=O) groups excluding carboxylic acids is 2. The lowest BCUT2D eigenvalue weighted by Gasteiger charge is -2.36. The Hall–Kier alpha value is -2.44. The smallest absolute Gasteiger partial charge is 0.340 e. The summed E-state index contributed by atoms with van der Waals surface area (Å²) in [4.78, 5) is 28.4. The van der Waals surface area contributed by atoms with E-state index in [2.05, 4.69) is 4.90 Å². The van der Waals surface area contributed by atoms with Crippen LogP contribution in [0.3, 0.4) is 0 Å². The molecule has 0 spiro atoms. The molecule has 1 saturated heterocycles. The zero-order valence-electron chi connectivity index (χ0n) is 14.5. The lowest BCUT2D eigenvalue weighted by Crippen LogP contribution is -2.49. The van der Waals surface area contributed by atoms with Crippen LogP contribution in [0.25, 0.3) is 0 Å². The Morgan fingerprint density at radius 2 is 1.70 bits per heavy atom. The lowest BCUT2D eigenvalue weighted by molar-refractivity contribution is -0.134. The lowest BCUT2D eigenvalue weighted by atomic mass is 10.2. The van der Waals surface area contributed by atoms with Gasteiger partial charge < -0.3 is 20.3 Å². The third-order valence-electron chi connectivity index (χ3n) is 4.39. The number of nitrogens with zero attached hydrogens (tertiary/aromatic N) is 2. The van der Waals surface area contributed by atoms with Crippen molar-refractivity contribution in [3.8, 4) is 0 Å². The van der Waals surface area contributed by atoms with Crippen LogP contribution >= 0.6 is 23.2 Å². The first kappa shape index (κ1) is 19.3. The molecule has 1 aliphatic heterocycles. The predicted octanol–water partition coefficient (Wildman–Crippen LogP) is 3.08. The van der Waals surface area contributed by atoms with Crippen molar-refractivity contribution in [1.82, 2.24) is 4.90 Å². The highest BCUT2D eigenvalue weighted by molar-refractivity contribution is 6.37. The average molecular weight is 408 g/mol. The van der Waals surface area contributed by atoms with Crippen LogP contribution in [0.15, 0.2) is 42.5 Å². The van der Waals surface area contributed by atoms with Crippen molar-refractivity contribution in [1.29, 1.82) is 0 Å². The Kier molecular flexibility index (Phi) is 6.08. The molecular weight excluding hydrogens is 389 g/mol. The molecule has 27 heavy (non-hydrogen) atoms. The first-order chi connectivity index (χ1) is 13.0. The maximum absolute atomic E-state index is 12.3. The molecule has 0 saturated carbocycles. The van der Waals surface area contributed by atoms with Crippen LogP contribution in [0.1, 0.15) is 10.4 Å². The van der Waals surface area contributed by atoms with E-state index in [1.54, 1.807) is 4.90 Å². The number of ether oxygens (including phenoxy) is 1. The van der Waals surface area contributed by atoms with Crippen LogP contribution in [0.5, 0.6) is 0 Å². The Morgan fingerprint density at radius 1 is 1.04 bits per heavy atom. The van der Waals surface area contributed by atoms with E-state index in [9.17, 15) is 9.59 Å². The van der Waals surface area contributed by atoms with Gasteiger partial charge in [0.15, 0.2) is 6.61 Å². The molecular formula is C19H19Cl2N3O3. The molecule has 0 aliphatic carbocycles. The van der Waals surface area contributed by atoms with Crippen LogP contribution in [-0.4, -0.2) is 49.6 Å². The van der Waals surface area contributed by atoms with E-state index < -0.39 is 5.97 Å². The number of carbonyl (C=O) groups is 2. The van der Waals surface area contributed by atoms with E-state index in [0.717, 1.165) is 18.8 Å². The monoisotopic (exact) mass is 407 g/mol. The summed E-state index contributed by atoms with van der Waals surface area (Å²) in [5, 5.41) is 0.433. The fraction of sp³-hybridized carbons (Fsp3) is 0.263. The summed E-state index contributed by atoms with van der Waals surface area (Å²) in [7, 11) is 0. The highest BCUT2D eigenvalue weighted by Gasteiger charge is 2.23. The number of anilines is 2. The minimum Gasteiger partial charge on any atom is -0.452 e. The fourth-order valence-electron chi connectivity index (χ4n) is 2.90. The van der Waals surface area contributed by atoms with E-state index in [-0.39, 0.29) is 33.8 Å². The minimum atomic E-state index is -0.729. The quantitative estimate of drug-likeness (QED) is 0.622. The molecule has 142 valence electrons. The molecule has 2 aromatic rings. The van der Waals surface area contributed by atoms with E-state index in [1.807, 2.05) is 30.3 Å². The molecule has 0 radical (unpaired) electrons. The summed E-state index contributed by atoms with van der Waals surface area (Å²) in [6, 6.07) is 12.8. The second-order valence-corrected chi connectivity index (χ2v) is 6.97. The van der Waals surface area contributed by atoms with Crippen molar-refractivity contribution < 1.29 is 14.3 Å². The zero-order valence-corrected chi connectivity index (χ0v) is 16.0. The van der Waals surface area contributed by atoms with Gasteiger partial charge in [-0.15, -0.1) is 0 Å². The van der Waals surface area contributed by atoms with Gasteiger partial charge in [0.2, 0.25) is 0 Å². The number of nitrogens with two attached hydrogens (primary N) is 1. The predicted molar refractivity (Wildman–Crippen MR) is 106 cm³/mol. The van der Waals surface area contributed by atoms with Gasteiger partial charge in [-0.3, -0.25) is 4.79 Å². The van der Waals surface area contributed by atoms with Crippen molar-refractivity contribution in [3.05, 3.63) is 58.1 Å². The minimum absolute atomic E-state index is 0.0502. The van der Waals surface area contributed by atoms with E-state index >= 15 is 0 Å². The maximum atomic E-state index is 12.3. The first-order valence-electron chi connectivity index (χ1n) is 8.45. The highest BCUT2D eigenvalue weighted by atomic mass is 35.5. The van der Waals surface area contributed by atoms with Gasteiger partial charge in [-0.25, -0.2) is 4.79 Å². The van der Waals surface area contributed by atoms with Crippen LogP contribution < -0.4 is 10.6 Å². The number of nitrogen functional groups attached to an aromatic ring is 1. The van der Waals surface area contributed by atoms with Gasteiger partial charge >= 0.3 is 5.97 Å². The van der Waals surface area contributed by atoms with Crippen LogP contribution in [0.4, 0.5) is 11.4 Å². The Labute approximate surface area is 167 Å². The molecule has 1 amide bonds. The third-order valence-corrected chi connectivity index (χ3v) is 4.93. The second-order valence-electron chi connectivity index (χ2n) is 6.13. The van der Waals surface area contributed by atoms with Gasteiger partial charge in [-0.2, -0.15) is 0 Å². The maximum Gasteiger partial charge on any atom is 0.340 e. The first-order valence-corrected chi connectivity index (χ1v) is 9.20. The van der Waals surface area contributed by atoms with Gasteiger partial charge in [0, 0.05) is 36.9 Å². The number of rotatable bonds is 4. The van der Waals surface area contributed by atoms with Gasteiger partial charge in [-0.1, -0.05) is 41.4 Å². The number of halogens is 2. The molecule has 1 fully saturated rings. The standard InChI is InChI=1S/C19H19Cl2N3O3/c20-13-10-15(18(22)16(21)11-13)19(26)27-12-17(25)24-8-6-23(7-9-24)14-4-2-1-3-5-14/h1-5,10-11H,6-9,12,22H2. The van der Waals surface area contributed by atoms with Crippen molar-refractivity contribution >= 4 is 46.5 Å². The van der Waals surface area contributed by atoms with Crippen molar-refractivity contribution in [2.45, 2.75) is 0 Å². The van der Waals surface area contributed by atoms with Crippen LogP contribution in [0, 0.1) is 0 Å². The number of hydrogen-bond acceptors (Lipinski definition) is 5. The van der Waals surface area contributed by atoms with Crippen LogP contribution in [-0.2, 0) is 9.53 Å². The molecule has 1 heterocycles. The highest BCUT2D eigenvalue weighted by Crippen LogP contribution is 2.28. The molecule has 0 bridgehead atoms. The number of benzene rings is 2. The summed E-state index contributed by atoms with van der Waals surface area (Å²) in [6.45, 7) is 2.22. The Bertz CT molecular complexity index is 838. The molecule has 2 aromatic carbocycles. The topological polar surface area (TPSA) is 75.9 Å². The van der Waals surface area contributed by atoms with Crippen molar-refractivity contribution in [2.24, 2.45) is 0 Å². The van der Waals surface area contributed by atoms with Crippen LogP contribution in [0.2, 0.25) is 10.0 Å². The average Bonchev–Trinajstić information content (AvgIpc) is 2.69. The fourth-order valence-corrected chi connectivity index (χ4v) is 3.40. The summed E-state index contributed by atoms with van der Waals surface area (Å²) in [5.41, 5.74) is 7.04. The summed E-state index contributed by atoms with van der Waals surface area (Å²) < 4.78 is 5.10. The molecule has 0 atom stereocenters. The summed E-state index contributed by atoms with van der Waals surface area (Å²) in [6.07, 6.45) is 0. The molecule has 0 unspecified atom stereocenters. The van der Waals surface area contributed by atoms with Crippen molar-refractivity contribution in [3.63, 3.8) is 0 Å². The van der Waals surface area contributed by atoms with Gasteiger partial charge in [-0.05, 0) is 24.3 Å². The largest absolute Gasteiger partial charge is 0.452 e. The SMILES string of the molecule is Nc1c(Cl)cc(Cl)cc1C(=O)OCC(=O)N1CCN(c2ccccc2)CC1. The summed E-state index contributed by atoms with van der Waals surface area (Å²) in [5.74, 6) is -0.976. The van der Waals surface area contributed by atoms with Gasteiger partial charge in [0.1, 0.15) is 0 Å². The van der Waals surface area contributed by atoms with E-state index in [1.165, 1.54) is 12.1 Å². The second kappa shape index (κ2) is 8.50. The normalized spacial score (nSPS) is 14.1. The number of hydrogen-bond donors (Lipinski definition) is 1. The van der Waals surface area contributed by atoms with E-state index in [0.29, 0.717) is 13.1 Å². The molecule has 6 nitrogen and oxygen atoms in total. The zero-order chi connectivity index (χ0) is 19.4. The number of esters is 1. The Balaban J connectivity index is 1.52. The third kappa shape index (κ3) is 4.64. The number of amides is 1. The molecule has 2 N–H and O–H groups in total. The van der Waals surface area contributed by atoms with Gasteiger partial charge in [0.25, 0.3) is 5.91 Å². The molecule has 3 rings (SSSR count). The van der Waals surface area contributed by atoms with Gasteiger partial charge in [0.05, 0.1) is 16.3 Å².